The molecule has 0 radical (unpaired) electrons. The second-order valence-electron chi connectivity index (χ2n) is 3.92. The molecule has 0 spiro atoms. The van der Waals surface area contributed by atoms with Crippen molar-refractivity contribution in [3.8, 4) is 0 Å². The first kappa shape index (κ1) is 12.9. The van der Waals surface area contributed by atoms with Gasteiger partial charge in [0.2, 0.25) is 5.91 Å². The van der Waals surface area contributed by atoms with Crippen LogP contribution in [-0.4, -0.2) is 36.2 Å². The van der Waals surface area contributed by atoms with Gasteiger partial charge in [0.25, 0.3) is 0 Å². The van der Waals surface area contributed by atoms with Crippen molar-refractivity contribution in [2.75, 3.05) is 17.9 Å². The summed E-state index contributed by atoms with van der Waals surface area (Å²) in [6.45, 7) is 0. The smallest absolute Gasteiger partial charge is 0.337 e. The highest BCUT2D eigenvalue weighted by Crippen LogP contribution is 2.32. The zero-order valence-electron chi connectivity index (χ0n) is 9.72. The molecule has 1 aromatic carbocycles. The van der Waals surface area contributed by atoms with Crippen LogP contribution in [0.15, 0.2) is 18.2 Å². The fraction of sp³-hybridized carbons (Fsp3) is 0.333. The van der Waals surface area contributed by atoms with E-state index in [9.17, 15) is 14.7 Å². The van der Waals surface area contributed by atoms with E-state index in [1.54, 1.807) is 12.1 Å². The molecule has 1 atom stereocenters. The van der Waals surface area contributed by atoms with Crippen LogP contribution in [-0.2, 0) is 16.0 Å². The highest BCUT2D eigenvalue weighted by molar-refractivity contribution is 6.29. The SMILES string of the molecule is COC(=O)c1ccc2c(c1)N(C(=O)CCl)C(O)C2. The Morgan fingerprint density at radius 1 is 1.56 bits per heavy atom. The first-order valence-corrected chi connectivity index (χ1v) is 5.89. The second-order valence-corrected chi connectivity index (χ2v) is 4.18. The van der Waals surface area contributed by atoms with Gasteiger partial charge in [0.15, 0.2) is 0 Å². The lowest BCUT2D eigenvalue weighted by Gasteiger charge is -2.20. The van der Waals surface area contributed by atoms with Crippen molar-refractivity contribution >= 4 is 29.2 Å². The number of hydrogen-bond acceptors (Lipinski definition) is 4. The third-order valence-corrected chi connectivity index (χ3v) is 3.08. The highest BCUT2D eigenvalue weighted by Gasteiger charge is 2.32. The number of aliphatic hydroxyl groups is 1. The molecule has 0 fully saturated rings. The fourth-order valence-corrected chi connectivity index (χ4v) is 2.15. The highest BCUT2D eigenvalue weighted by atomic mass is 35.5. The van der Waals surface area contributed by atoms with E-state index in [0.717, 1.165) is 5.56 Å². The molecule has 1 N–H and O–H groups in total. The van der Waals surface area contributed by atoms with Crippen LogP contribution in [0.2, 0.25) is 0 Å². The fourth-order valence-electron chi connectivity index (χ4n) is 2.02. The van der Waals surface area contributed by atoms with Crippen LogP contribution >= 0.6 is 11.6 Å². The number of fused-ring (bicyclic) bond motifs is 1. The largest absolute Gasteiger partial charge is 0.465 e. The van der Waals surface area contributed by atoms with Gasteiger partial charge >= 0.3 is 5.97 Å². The Morgan fingerprint density at radius 2 is 2.28 bits per heavy atom. The normalized spacial score (nSPS) is 17.5. The Bertz CT molecular complexity index is 503. The van der Waals surface area contributed by atoms with Crippen molar-refractivity contribution in [1.29, 1.82) is 0 Å². The molecule has 0 aromatic heterocycles. The van der Waals surface area contributed by atoms with Gasteiger partial charge in [0, 0.05) is 6.42 Å². The maximum Gasteiger partial charge on any atom is 0.337 e. The molecule has 0 aliphatic carbocycles. The molecule has 96 valence electrons. The molecule has 5 nitrogen and oxygen atoms in total. The molecule has 6 heteroatoms. The minimum Gasteiger partial charge on any atom is -0.465 e. The predicted molar refractivity (Wildman–Crippen MR) is 65.7 cm³/mol. The Labute approximate surface area is 109 Å². The topological polar surface area (TPSA) is 66.8 Å². The number of rotatable bonds is 2. The van der Waals surface area contributed by atoms with Crippen LogP contribution in [0, 0.1) is 0 Å². The number of halogens is 1. The third kappa shape index (κ3) is 2.07. The van der Waals surface area contributed by atoms with Crippen molar-refractivity contribution < 1.29 is 19.4 Å². The summed E-state index contributed by atoms with van der Waals surface area (Å²) in [6.07, 6.45) is -0.599. The monoisotopic (exact) mass is 269 g/mol. The summed E-state index contributed by atoms with van der Waals surface area (Å²) in [5.74, 6) is -1.11. The number of nitrogens with zero attached hydrogens (tertiary/aromatic N) is 1. The summed E-state index contributed by atoms with van der Waals surface area (Å²) in [6, 6.07) is 4.83. The van der Waals surface area contributed by atoms with Gasteiger partial charge in [-0.25, -0.2) is 4.79 Å². The molecule has 1 aliphatic rings. The van der Waals surface area contributed by atoms with Crippen LogP contribution in [0.4, 0.5) is 5.69 Å². The van der Waals surface area contributed by atoms with E-state index >= 15 is 0 Å². The van der Waals surface area contributed by atoms with Crippen molar-refractivity contribution in [2.45, 2.75) is 12.6 Å². The summed E-state index contributed by atoms with van der Waals surface area (Å²) in [4.78, 5) is 24.3. The first-order chi connectivity index (χ1) is 8.58. The number of esters is 1. The van der Waals surface area contributed by atoms with Gasteiger partial charge in [-0.1, -0.05) is 6.07 Å². The Kier molecular flexibility index (Phi) is 3.54. The lowest BCUT2D eigenvalue weighted by Crippen LogP contribution is -2.38. The van der Waals surface area contributed by atoms with Crippen LogP contribution in [0.5, 0.6) is 0 Å². The standard InChI is InChI=1S/C12H12ClNO4/c1-18-12(17)8-3-2-7-5-10(15)14(9(7)4-8)11(16)6-13/h2-4,10,15H,5-6H2,1H3. The number of aliphatic hydroxyl groups excluding tert-OH is 1. The number of methoxy groups -OCH3 is 1. The van der Waals surface area contributed by atoms with E-state index < -0.39 is 18.1 Å². The van der Waals surface area contributed by atoms with Crippen LogP contribution in [0.1, 0.15) is 15.9 Å². The zero-order valence-corrected chi connectivity index (χ0v) is 10.5. The zero-order chi connectivity index (χ0) is 13.3. The van der Waals surface area contributed by atoms with Gasteiger partial charge < -0.3 is 9.84 Å². The van der Waals surface area contributed by atoms with E-state index in [2.05, 4.69) is 4.74 Å². The van der Waals surface area contributed by atoms with E-state index in [-0.39, 0.29) is 5.88 Å². The van der Waals surface area contributed by atoms with Crippen molar-refractivity contribution in [1.82, 2.24) is 0 Å². The molecule has 1 amide bonds. The lowest BCUT2D eigenvalue weighted by atomic mass is 10.1. The summed E-state index contributed by atoms with van der Waals surface area (Å²) in [5, 5.41) is 9.83. The lowest BCUT2D eigenvalue weighted by molar-refractivity contribution is -0.117. The molecule has 18 heavy (non-hydrogen) atoms. The van der Waals surface area contributed by atoms with E-state index in [4.69, 9.17) is 11.6 Å². The minimum absolute atomic E-state index is 0.223. The van der Waals surface area contributed by atoms with E-state index in [1.165, 1.54) is 18.1 Å². The molecular formula is C12H12ClNO4. The second kappa shape index (κ2) is 4.96. The molecule has 2 rings (SSSR count). The van der Waals surface area contributed by atoms with Crippen molar-refractivity contribution in [3.63, 3.8) is 0 Å². The number of benzene rings is 1. The summed E-state index contributed by atoms with van der Waals surface area (Å²) in [5.41, 5.74) is 1.64. The number of ether oxygens (including phenoxy) is 1. The number of hydrogen-bond donors (Lipinski definition) is 1. The maximum atomic E-state index is 11.7. The number of anilines is 1. The van der Waals surface area contributed by atoms with Gasteiger partial charge in [-0.15, -0.1) is 11.6 Å². The summed E-state index contributed by atoms with van der Waals surface area (Å²) < 4.78 is 4.61. The molecular weight excluding hydrogens is 258 g/mol. The number of alkyl halides is 1. The Hall–Kier alpha value is -1.59. The summed E-state index contributed by atoms with van der Waals surface area (Å²) >= 11 is 5.50. The predicted octanol–water partition coefficient (Wildman–Crippen LogP) is 0.919. The molecule has 0 bridgehead atoms. The van der Waals surface area contributed by atoms with Crippen LogP contribution in [0.25, 0.3) is 0 Å². The molecule has 1 aliphatic heterocycles. The molecule has 1 aromatic rings. The van der Waals surface area contributed by atoms with Gasteiger partial charge in [-0.05, 0) is 17.7 Å². The Balaban J connectivity index is 2.42. The minimum atomic E-state index is -0.931. The quantitative estimate of drug-likeness (QED) is 0.640. The molecule has 0 saturated heterocycles. The van der Waals surface area contributed by atoms with Crippen LogP contribution in [0.3, 0.4) is 0 Å². The third-order valence-electron chi connectivity index (χ3n) is 2.85. The molecule has 1 heterocycles. The number of carbonyl (C=O) groups is 2. The first-order valence-electron chi connectivity index (χ1n) is 5.35. The molecule has 1 unspecified atom stereocenters. The van der Waals surface area contributed by atoms with Crippen LogP contribution < -0.4 is 4.90 Å². The molecule has 0 saturated carbocycles. The Morgan fingerprint density at radius 3 is 2.89 bits per heavy atom. The van der Waals surface area contributed by atoms with E-state index in [0.29, 0.717) is 17.7 Å². The average Bonchev–Trinajstić information content (AvgIpc) is 2.71. The summed E-state index contributed by atoms with van der Waals surface area (Å²) in [7, 11) is 1.28. The number of carbonyl (C=O) groups excluding carboxylic acids is 2. The van der Waals surface area contributed by atoms with Gasteiger partial charge in [0.05, 0.1) is 18.4 Å². The number of amides is 1. The van der Waals surface area contributed by atoms with E-state index in [1.807, 2.05) is 0 Å². The van der Waals surface area contributed by atoms with Crippen molar-refractivity contribution in [3.05, 3.63) is 29.3 Å². The van der Waals surface area contributed by atoms with Gasteiger partial charge in [-0.3, -0.25) is 9.69 Å². The van der Waals surface area contributed by atoms with Crippen molar-refractivity contribution in [2.24, 2.45) is 0 Å². The maximum absolute atomic E-state index is 11.7. The average molecular weight is 270 g/mol. The van der Waals surface area contributed by atoms with Gasteiger partial charge in [0.1, 0.15) is 12.1 Å². The van der Waals surface area contributed by atoms with Gasteiger partial charge in [-0.2, -0.15) is 0 Å².